The van der Waals surface area contributed by atoms with E-state index in [1.807, 2.05) is 6.92 Å². The van der Waals surface area contributed by atoms with Crippen LogP contribution in [0.15, 0.2) is 24.3 Å². The van der Waals surface area contributed by atoms with Gasteiger partial charge in [0.05, 0.1) is 0 Å². The predicted molar refractivity (Wildman–Crippen MR) is 78.0 cm³/mol. The highest BCUT2D eigenvalue weighted by Crippen LogP contribution is 2.05. The molecule has 0 heterocycles. The van der Waals surface area contributed by atoms with Gasteiger partial charge in [0, 0.05) is 19.0 Å². The van der Waals surface area contributed by atoms with Crippen molar-refractivity contribution < 1.29 is 9.53 Å². The van der Waals surface area contributed by atoms with Crippen molar-refractivity contribution in [3.8, 4) is 0 Å². The van der Waals surface area contributed by atoms with E-state index in [2.05, 4.69) is 43.4 Å². The molecule has 0 bridgehead atoms. The molecule has 1 aromatic carbocycles. The molecule has 19 heavy (non-hydrogen) atoms. The van der Waals surface area contributed by atoms with Crippen LogP contribution in [0.1, 0.15) is 44.2 Å². The zero-order valence-electron chi connectivity index (χ0n) is 12.2. The first-order valence-corrected chi connectivity index (χ1v) is 7.10. The monoisotopic (exact) mass is 263 g/mol. The van der Waals surface area contributed by atoms with Crippen molar-refractivity contribution in [2.75, 3.05) is 6.61 Å². The number of ether oxygens (including phenoxy) is 1. The Hall–Kier alpha value is -1.35. The first kappa shape index (κ1) is 15.7. The largest absolute Gasteiger partial charge is 0.464 e. The van der Waals surface area contributed by atoms with Crippen LogP contribution in [0, 0.1) is 6.92 Å². The highest BCUT2D eigenvalue weighted by molar-refractivity contribution is 5.69. The Morgan fingerprint density at radius 2 is 2.16 bits per heavy atom. The molecule has 1 rings (SSSR count). The van der Waals surface area contributed by atoms with Crippen LogP contribution in [0.5, 0.6) is 0 Å². The summed E-state index contributed by atoms with van der Waals surface area (Å²) in [5.41, 5.74) is 2.53. The van der Waals surface area contributed by atoms with Crippen molar-refractivity contribution in [2.24, 2.45) is 0 Å². The maximum atomic E-state index is 11.3. The highest BCUT2D eigenvalue weighted by atomic mass is 16.5. The van der Waals surface area contributed by atoms with E-state index >= 15 is 0 Å². The molecule has 3 heteroatoms. The highest BCUT2D eigenvalue weighted by Gasteiger charge is 2.09. The fourth-order valence-electron chi connectivity index (χ4n) is 1.88. The van der Waals surface area contributed by atoms with Gasteiger partial charge in [0.25, 0.3) is 0 Å². The average Bonchev–Trinajstić information content (AvgIpc) is 2.39. The van der Waals surface area contributed by atoms with Gasteiger partial charge in [0.1, 0.15) is 6.61 Å². The summed E-state index contributed by atoms with van der Waals surface area (Å²) in [6.07, 6.45) is 2.30. The van der Waals surface area contributed by atoms with Gasteiger partial charge in [-0.2, -0.15) is 0 Å². The van der Waals surface area contributed by atoms with Crippen LogP contribution in [0.4, 0.5) is 0 Å². The molecule has 3 nitrogen and oxygen atoms in total. The number of hydrogen-bond donors (Lipinski definition) is 1. The van der Waals surface area contributed by atoms with Gasteiger partial charge in [-0.3, -0.25) is 4.79 Å². The van der Waals surface area contributed by atoms with Crippen LogP contribution in [0.2, 0.25) is 0 Å². The second kappa shape index (κ2) is 8.70. The van der Waals surface area contributed by atoms with E-state index in [1.54, 1.807) is 0 Å². The van der Waals surface area contributed by atoms with Gasteiger partial charge in [-0.15, -0.1) is 0 Å². The van der Waals surface area contributed by atoms with E-state index in [4.69, 9.17) is 4.74 Å². The molecule has 0 saturated heterocycles. The standard InChI is InChI=1S/C16H25NO2/c1-4-7-16(18)19-12-15(5-2)17-11-14-9-6-8-13(3)10-14/h6,8-10,15,17H,4-5,7,11-12H2,1-3H3. The lowest BCUT2D eigenvalue weighted by molar-refractivity contribution is -0.144. The van der Waals surface area contributed by atoms with Crippen LogP contribution in [0.3, 0.4) is 0 Å². The smallest absolute Gasteiger partial charge is 0.305 e. The van der Waals surface area contributed by atoms with E-state index in [-0.39, 0.29) is 12.0 Å². The number of rotatable bonds is 8. The zero-order valence-corrected chi connectivity index (χ0v) is 12.2. The normalized spacial score (nSPS) is 12.2. The maximum absolute atomic E-state index is 11.3. The molecule has 0 spiro atoms. The minimum absolute atomic E-state index is 0.0988. The molecule has 1 unspecified atom stereocenters. The second-order valence-electron chi connectivity index (χ2n) is 4.91. The van der Waals surface area contributed by atoms with Crippen LogP contribution >= 0.6 is 0 Å². The number of carbonyl (C=O) groups excluding carboxylic acids is 1. The maximum Gasteiger partial charge on any atom is 0.305 e. The Morgan fingerprint density at radius 3 is 2.79 bits per heavy atom. The molecule has 0 radical (unpaired) electrons. The summed E-state index contributed by atoms with van der Waals surface area (Å²) < 4.78 is 5.25. The molecule has 0 amide bonds. The Kier molecular flexibility index (Phi) is 7.19. The minimum atomic E-state index is -0.0988. The van der Waals surface area contributed by atoms with Crippen molar-refractivity contribution in [1.82, 2.24) is 5.32 Å². The van der Waals surface area contributed by atoms with Gasteiger partial charge in [-0.05, 0) is 25.3 Å². The number of aryl methyl sites for hydroxylation is 1. The SMILES string of the molecule is CCCC(=O)OCC(CC)NCc1cccc(C)c1. The first-order valence-electron chi connectivity index (χ1n) is 7.10. The van der Waals surface area contributed by atoms with Crippen molar-refractivity contribution in [1.29, 1.82) is 0 Å². The fraction of sp³-hybridized carbons (Fsp3) is 0.562. The Morgan fingerprint density at radius 1 is 1.37 bits per heavy atom. The molecular weight excluding hydrogens is 238 g/mol. The third-order valence-corrected chi connectivity index (χ3v) is 3.07. The van der Waals surface area contributed by atoms with E-state index in [1.165, 1.54) is 11.1 Å². The lowest BCUT2D eigenvalue weighted by Gasteiger charge is -2.17. The molecule has 1 N–H and O–H groups in total. The van der Waals surface area contributed by atoms with E-state index in [9.17, 15) is 4.79 Å². The first-order chi connectivity index (χ1) is 9.15. The lowest BCUT2D eigenvalue weighted by Crippen LogP contribution is -2.33. The Bertz CT molecular complexity index is 390. The summed E-state index contributed by atoms with van der Waals surface area (Å²) in [6.45, 7) is 7.44. The molecule has 0 aromatic heterocycles. The number of nitrogens with one attached hydrogen (secondary N) is 1. The molecule has 106 valence electrons. The third-order valence-electron chi connectivity index (χ3n) is 3.07. The summed E-state index contributed by atoms with van der Waals surface area (Å²) in [5.74, 6) is -0.0988. The quantitative estimate of drug-likeness (QED) is 0.732. The molecule has 0 saturated carbocycles. The van der Waals surface area contributed by atoms with Gasteiger partial charge in [-0.25, -0.2) is 0 Å². The molecule has 0 aliphatic carbocycles. The van der Waals surface area contributed by atoms with Crippen molar-refractivity contribution in [2.45, 2.75) is 52.6 Å². The van der Waals surface area contributed by atoms with Gasteiger partial charge in [0.15, 0.2) is 0 Å². The van der Waals surface area contributed by atoms with Crippen molar-refractivity contribution in [3.63, 3.8) is 0 Å². The molecular formula is C16H25NO2. The van der Waals surface area contributed by atoms with E-state index < -0.39 is 0 Å². The number of hydrogen-bond acceptors (Lipinski definition) is 3. The van der Waals surface area contributed by atoms with Crippen LogP contribution in [0.25, 0.3) is 0 Å². The Labute approximate surface area is 116 Å². The molecule has 0 aliphatic heterocycles. The lowest BCUT2D eigenvalue weighted by atomic mass is 10.1. The van der Waals surface area contributed by atoms with Crippen molar-refractivity contribution in [3.05, 3.63) is 35.4 Å². The van der Waals surface area contributed by atoms with Gasteiger partial charge in [-0.1, -0.05) is 43.7 Å². The predicted octanol–water partition coefficient (Wildman–Crippen LogP) is 3.21. The van der Waals surface area contributed by atoms with Gasteiger partial charge < -0.3 is 10.1 Å². The zero-order chi connectivity index (χ0) is 14.1. The van der Waals surface area contributed by atoms with E-state index in [0.29, 0.717) is 13.0 Å². The van der Waals surface area contributed by atoms with Crippen LogP contribution in [-0.2, 0) is 16.1 Å². The topological polar surface area (TPSA) is 38.3 Å². The summed E-state index contributed by atoms with van der Waals surface area (Å²) in [7, 11) is 0. The summed E-state index contributed by atoms with van der Waals surface area (Å²) in [4.78, 5) is 11.3. The average molecular weight is 263 g/mol. The third kappa shape index (κ3) is 6.39. The Balaban J connectivity index is 2.34. The number of esters is 1. The van der Waals surface area contributed by atoms with Crippen LogP contribution < -0.4 is 5.32 Å². The second-order valence-corrected chi connectivity index (χ2v) is 4.91. The summed E-state index contributed by atoms with van der Waals surface area (Å²) in [5, 5.41) is 3.43. The van der Waals surface area contributed by atoms with Gasteiger partial charge >= 0.3 is 5.97 Å². The van der Waals surface area contributed by atoms with E-state index in [0.717, 1.165) is 19.4 Å². The fourth-order valence-corrected chi connectivity index (χ4v) is 1.88. The van der Waals surface area contributed by atoms with Crippen molar-refractivity contribution >= 4 is 5.97 Å². The molecule has 1 aromatic rings. The molecule has 1 atom stereocenters. The number of carbonyl (C=O) groups is 1. The summed E-state index contributed by atoms with van der Waals surface area (Å²) >= 11 is 0. The van der Waals surface area contributed by atoms with Gasteiger partial charge in [0.2, 0.25) is 0 Å². The number of benzene rings is 1. The minimum Gasteiger partial charge on any atom is -0.464 e. The molecule has 0 aliphatic rings. The van der Waals surface area contributed by atoms with Crippen LogP contribution in [-0.4, -0.2) is 18.6 Å². The molecule has 0 fully saturated rings. The summed E-state index contributed by atoms with van der Waals surface area (Å²) in [6, 6.07) is 8.65.